The molecule has 1 fully saturated rings. The number of benzene rings is 4. The van der Waals surface area contributed by atoms with Crippen molar-refractivity contribution in [3.05, 3.63) is 126 Å². The van der Waals surface area contributed by atoms with Crippen LogP contribution in [0.3, 0.4) is 0 Å². The summed E-state index contributed by atoms with van der Waals surface area (Å²) in [6, 6.07) is 33.3. The zero-order valence-corrected chi connectivity index (χ0v) is 23.0. The van der Waals surface area contributed by atoms with Crippen molar-refractivity contribution in [3.63, 3.8) is 0 Å². The lowest BCUT2D eigenvalue weighted by molar-refractivity contribution is -0.660. The Hall–Kier alpha value is -4.24. The summed E-state index contributed by atoms with van der Waals surface area (Å²) in [5.74, 6) is 0.868. The second-order valence-corrected chi connectivity index (χ2v) is 11.3. The SMILES string of the molecule is Cc1ccc2c(oc3c(-c4ccc(C5CCCC(c6ccccc6)C5)cc4)c(F)ccc32)c1-c1cccc[n+]1C. The molecule has 1 aliphatic carbocycles. The van der Waals surface area contributed by atoms with E-state index in [-0.39, 0.29) is 5.82 Å². The number of furan rings is 1. The monoisotopic (exact) mass is 526 g/mol. The van der Waals surface area contributed by atoms with Gasteiger partial charge in [0.2, 0.25) is 5.69 Å². The zero-order valence-electron chi connectivity index (χ0n) is 23.0. The Kier molecular flexibility index (Phi) is 6.23. The fourth-order valence-corrected chi connectivity index (χ4v) is 6.79. The number of fused-ring (bicyclic) bond motifs is 3. The summed E-state index contributed by atoms with van der Waals surface area (Å²) in [6.07, 6.45) is 6.89. The Labute approximate surface area is 234 Å². The molecule has 4 aromatic carbocycles. The topological polar surface area (TPSA) is 17.0 Å². The molecule has 0 N–H and O–H groups in total. The lowest BCUT2D eigenvalue weighted by Crippen LogP contribution is -2.30. The first-order chi connectivity index (χ1) is 19.6. The highest BCUT2D eigenvalue weighted by Gasteiger charge is 2.26. The van der Waals surface area contributed by atoms with Crippen LogP contribution in [0.4, 0.5) is 4.39 Å². The first-order valence-corrected chi connectivity index (χ1v) is 14.3. The van der Waals surface area contributed by atoms with Gasteiger partial charge in [0.05, 0.1) is 11.1 Å². The maximum atomic E-state index is 15.5. The van der Waals surface area contributed by atoms with E-state index in [2.05, 4.69) is 84.3 Å². The van der Waals surface area contributed by atoms with Crippen molar-refractivity contribution in [1.82, 2.24) is 0 Å². The van der Waals surface area contributed by atoms with Gasteiger partial charge in [0.25, 0.3) is 0 Å². The van der Waals surface area contributed by atoms with Crippen molar-refractivity contribution < 1.29 is 13.4 Å². The largest absolute Gasteiger partial charge is 0.454 e. The molecule has 6 aromatic rings. The third-order valence-electron chi connectivity index (χ3n) is 8.89. The number of nitrogens with zero attached hydrogens (tertiary/aromatic N) is 1. The molecule has 2 unspecified atom stereocenters. The number of hydrogen-bond donors (Lipinski definition) is 0. The fraction of sp³-hybridized carbons (Fsp3) is 0.216. The summed E-state index contributed by atoms with van der Waals surface area (Å²) in [7, 11) is 2.04. The molecule has 2 heterocycles. The van der Waals surface area contributed by atoms with Crippen molar-refractivity contribution in [2.24, 2.45) is 7.05 Å². The van der Waals surface area contributed by atoms with Gasteiger partial charge < -0.3 is 4.42 Å². The van der Waals surface area contributed by atoms with Gasteiger partial charge in [-0.3, -0.25) is 0 Å². The summed E-state index contributed by atoms with van der Waals surface area (Å²) < 4.78 is 24.2. The fourth-order valence-electron chi connectivity index (χ4n) is 6.79. The molecule has 0 spiro atoms. The highest BCUT2D eigenvalue weighted by molar-refractivity contribution is 6.13. The maximum absolute atomic E-state index is 15.5. The smallest absolute Gasteiger partial charge is 0.216 e. The third kappa shape index (κ3) is 4.21. The van der Waals surface area contributed by atoms with Gasteiger partial charge in [-0.15, -0.1) is 0 Å². The predicted molar refractivity (Wildman–Crippen MR) is 161 cm³/mol. The van der Waals surface area contributed by atoms with Crippen molar-refractivity contribution in [2.75, 3.05) is 0 Å². The van der Waals surface area contributed by atoms with Crippen molar-refractivity contribution in [2.45, 2.75) is 44.4 Å². The number of halogens is 1. The second-order valence-electron chi connectivity index (χ2n) is 11.3. The summed E-state index contributed by atoms with van der Waals surface area (Å²) in [4.78, 5) is 0. The predicted octanol–water partition coefficient (Wildman–Crippen LogP) is 9.63. The van der Waals surface area contributed by atoms with Crippen LogP contribution in [0.1, 0.15) is 54.2 Å². The average Bonchev–Trinajstić information content (AvgIpc) is 3.37. The Morgan fingerprint density at radius 2 is 1.35 bits per heavy atom. The molecule has 1 aliphatic rings. The number of aryl methyl sites for hydroxylation is 2. The normalized spacial score (nSPS) is 17.5. The molecule has 0 aliphatic heterocycles. The minimum Gasteiger partial charge on any atom is -0.454 e. The first kappa shape index (κ1) is 24.8. The standard InChI is InChI=1S/C37H33FNO/c1-24-14-19-30-31-20-21-32(38)35(37(31)40-36(30)34(24)33-13-6-7-22-39(33)2)27-17-15-26(16-18-27)29-12-8-11-28(23-29)25-9-4-3-5-10-25/h3-7,9-10,13-22,28-29H,8,11-12,23H2,1-2H3/q+1. The van der Waals surface area contributed by atoms with Gasteiger partial charge in [-0.05, 0) is 78.5 Å². The van der Waals surface area contributed by atoms with Gasteiger partial charge in [-0.2, -0.15) is 0 Å². The number of rotatable bonds is 4. The average molecular weight is 527 g/mol. The lowest BCUT2D eigenvalue weighted by Gasteiger charge is -2.30. The number of hydrogen-bond acceptors (Lipinski definition) is 1. The Bertz CT molecular complexity index is 1830. The number of aromatic nitrogens is 1. The summed E-state index contributed by atoms with van der Waals surface area (Å²) >= 11 is 0. The van der Waals surface area contributed by atoms with Crippen molar-refractivity contribution >= 4 is 21.9 Å². The van der Waals surface area contributed by atoms with Crippen LogP contribution in [0.5, 0.6) is 0 Å². The van der Waals surface area contributed by atoms with Gasteiger partial charge in [0.1, 0.15) is 24.0 Å². The van der Waals surface area contributed by atoms with E-state index >= 15 is 4.39 Å². The van der Waals surface area contributed by atoms with E-state index in [9.17, 15) is 0 Å². The molecule has 1 saturated carbocycles. The van der Waals surface area contributed by atoms with Crippen LogP contribution in [-0.2, 0) is 7.05 Å². The zero-order chi connectivity index (χ0) is 27.2. The molecule has 2 aromatic heterocycles. The first-order valence-electron chi connectivity index (χ1n) is 14.3. The molecule has 0 saturated heterocycles. The molecule has 0 bridgehead atoms. The quantitative estimate of drug-likeness (QED) is 0.209. The van der Waals surface area contributed by atoms with E-state index < -0.39 is 0 Å². The van der Waals surface area contributed by atoms with Crippen LogP contribution in [0.2, 0.25) is 0 Å². The van der Waals surface area contributed by atoms with Crippen LogP contribution >= 0.6 is 0 Å². The van der Waals surface area contributed by atoms with E-state index in [1.807, 2.05) is 31.4 Å². The van der Waals surface area contributed by atoms with Gasteiger partial charge in [-0.25, -0.2) is 8.96 Å². The van der Waals surface area contributed by atoms with Crippen LogP contribution in [0.25, 0.3) is 44.3 Å². The summed E-state index contributed by atoms with van der Waals surface area (Å²) in [5.41, 5.74) is 8.82. The van der Waals surface area contributed by atoms with Crippen LogP contribution < -0.4 is 4.57 Å². The van der Waals surface area contributed by atoms with Gasteiger partial charge >= 0.3 is 0 Å². The number of pyridine rings is 1. The second kappa shape index (κ2) is 10.1. The molecular formula is C37H33FNO+. The van der Waals surface area contributed by atoms with Gasteiger partial charge in [0.15, 0.2) is 6.20 Å². The summed E-state index contributed by atoms with van der Waals surface area (Å²) in [5, 5.41) is 1.94. The molecular weight excluding hydrogens is 493 g/mol. The Morgan fingerprint density at radius 3 is 2.08 bits per heavy atom. The molecule has 198 valence electrons. The Balaban J connectivity index is 1.29. The minimum atomic E-state index is -0.260. The Morgan fingerprint density at radius 1 is 0.700 bits per heavy atom. The molecule has 0 radical (unpaired) electrons. The molecule has 3 heteroatoms. The van der Waals surface area contributed by atoms with E-state index in [1.165, 1.54) is 30.4 Å². The summed E-state index contributed by atoms with van der Waals surface area (Å²) in [6.45, 7) is 2.10. The van der Waals surface area contributed by atoms with Crippen LogP contribution in [0, 0.1) is 12.7 Å². The maximum Gasteiger partial charge on any atom is 0.216 e. The molecule has 2 atom stereocenters. The molecule has 40 heavy (non-hydrogen) atoms. The third-order valence-corrected chi connectivity index (χ3v) is 8.89. The van der Waals surface area contributed by atoms with Crippen LogP contribution in [-0.4, -0.2) is 0 Å². The molecule has 0 amide bonds. The van der Waals surface area contributed by atoms with Crippen molar-refractivity contribution in [3.8, 4) is 22.4 Å². The van der Waals surface area contributed by atoms with E-state index in [0.29, 0.717) is 23.0 Å². The van der Waals surface area contributed by atoms with Gasteiger partial charge in [0, 0.05) is 22.9 Å². The highest BCUT2D eigenvalue weighted by atomic mass is 19.1. The van der Waals surface area contributed by atoms with E-state index in [0.717, 1.165) is 45.2 Å². The lowest BCUT2D eigenvalue weighted by atomic mass is 9.75. The highest BCUT2D eigenvalue weighted by Crippen LogP contribution is 2.44. The minimum absolute atomic E-state index is 0.260. The molecule has 7 rings (SSSR count). The molecule has 2 nitrogen and oxygen atoms in total. The van der Waals surface area contributed by atoms with Gasteiger partial charge in [-0.1, -0.05) is 73.2 Å². The van der Waals surface area contributed by atoms with Crippen molar-refractivity contribution in [1.29, 1.82) is 0 Å². The van der Waals surface area contributed by atoms with Crippen LogP contribution in [0.15, 0.2) is 108 Å². The van der Waals surface area contributed by atoms with E-state index in [4.69, 9.17) is 4.42 Å². The van der Waals surface area contributed by atoms with E-state index in [1.54, 1.807) is 6.07 Å².